The molecule has 0 radical (unpaired) electrons. The fraction of sp³-hybridized carbons (Fsp3) is 0.560. The number of piperidine rings is 1. The molecular formula is C25H32N4O2. The molecule has 3 aliphatic rings. The highest BCUT2D eigenvalue weighted by Crippen LogP contribution is 2.28. The lowest BCUT2D eigenvalue weighted by Crippen LogP contribution is -2.44. The number of carbonyl (C=O) groups excluding carboxylic acids is 1. The van der Waals surface area contributed by atoms with Gasteiger partial charge in [-0.3, -0.25) is 4.79 Å². The number of anilines is 1. The molecule has 0 N–H and O–H groups in total. The number of benzene rings is 1. The summed E-state index contributed by atoms with van der Waals surface area (Å²) >= 11 is 0. The standard InChI is InChI=1S/C25H32N4O2/c30-24(29-16-8-11-20(17-29)31-18-19-9-2-1-3-10-19)23-21-12-4-5-13-22(21)26-25(27-23)28-14-6-7-15-28/h1-3,9-10,20H,4-8,11-18H2. The van der Waals surface area contributed by atoms with Crippen LogP contribution in [0.2, 0.25) is 0 Å². The van der Waals surface area contributed by atoms with Crippen molar-refractivity contribution in [1.29, 1.82) is 0 Å². The Hall–Kier alpha value is -2.47. The summed E-state index contributed by atoms with van der Waals surface area (Å²) in [6.45, 7) is 4.00. The summed E-state index contributed by atoms with van der Waals surface area (Å²) in [6.07, 6.45) is 8.54. The van der Waals surface area contributed by atoms with Gasteiger partial charge in [0, 0.05) is 37.4 Å². The number of ether oxygens (including phenoxy) is 1. The average molecular weight is 421 g/mol. The summed E-state index contributed by atoms with van der Waals surface area (Å²) in [7, 11) is 0. The van der Waals surface area contributed by atoms with E-state index in [9.17, 15) is 4.79 Å². The van der Waals surface area contributed by atoms with Gasteiger partial charge in [-0.05, 0) is 56.9 Å². The molecule has 1 aliphatic carbocycles. The van der Waals surface area contributed by atoms with Crippen molar-refractivity contribution >= 4 is 11.9 Å². The summed E-state index contributed by atoms with van der Waals surface area (Å²) < 4.78 is 6.17. The van der Waals surface area contributed by atoms with E-state index in [0.717, 1.165) is 75.4 Å². The summed E-state index contributed by atoms with van der Waals surface area (Å²) in [6, 6.07) is 10.2. The number of likely N-dealkylation sites (tertiary alicyclic amines) is 1. The van der Waals surface area contributed by atoms with Gasteiger partial charge in [0.25, 0.3) is 5.91 Å². The van der Waals surface area contributed by atoms with Gasteiger partial charge < -0.3 is 14.5 Å². The molecular weight excluding hydrogens is 388 g/mol. The Kier molecular flexibility index (Phi) is 6.16. The van der Waals surface area contributed by atoms with Crippen LogP contribution in [0, 0.1) is 0 Å². The Labute approximate surface area is 184 Å². The van der Waals surface area contributed by atoms with Gasteiger partial charge in [-0.2, -0.15) is 0 Å². The largest absolute Gasteiger partial charge is 0.372 e. The minimum Gasteiger partial charge on any atom is -0.372 e. The second-order valence-electron chi connectivity index (χ2n) is 9.01. The van der Waals surface area contributed by atoms with Crippen molar-refractivity contribution in [3.63, 3.8) is 0 Å². The van der Waals surface area contributed by atoms with Crippen molar-refractivity contribution in [3.05, 3.63) is 52.8 Å². The molecule has 5 rings (SSSR count). The second kappa shape index (κ2) is 9.35. The zero-order chi connectivity index (χ0) is 21.0. The van der Waals surface area contributed by atoms with Gasteiger partial charge in [-0.25, -0.2) is 9.97 Å². The van der Waals surface area contributed by atoms with Crippen LogP contribution in [0.5, 0.6) is 0 Å². The van der Waals surface area contributed by atoms with E-state index in [1.54, 1.807) is 0 Å². The van der Waals surface area contributed by atoms with E-state index in [4.69, 9.17) is 14.7 Å². The molecule has 0 bridgehead atoms. The van der Waals surface area contributed by atoms with Gasteiger partial charge in [-0.15, -0.1) is 0 Å². The Morgan fingerprint density at radius 3 is 2.61 bits per heavy atom. The molecule has 31 heavy (non-hydrogen) atoms. The maximum atomic E-state index is 13.6. The molecule has 1 unspecified atom stereocenters. The summed E-state index contributed by atoms with van der Waals surface area (Å²) in [5.41, 5.74) is 4.01. The fourth-order valence-corrected chi connectivity index (χ4v) is 5.01. The minimum atomic E-state index is 0.0639. The maximum absolute atomic E-state index is 13.6. The molecule has 6 nitrogen and oxygen atoms in total. The Morgan fingerprint density at radius 2 is 1.77 bits per heavy atom. The monoisotopic (exact) mass is 420 g/mol. The Bertz CT molecular complexity index is 911. The number of aryl methyl sites for hydroxylation is 1. The zero-order valence-corrected chi connectivity index (χ0v) is 18.3. The number of rotatable bonds is 5. The van der Waals surface area contributed by atoms with E-state index >= 15 is 0 Å². The number of amides is 1. The third kappa shape index (κ3) is 4.59. The Morgan fingerprint density at radius 1 is 0.968 bits per heavy atom. The third-order valence-corrected chi connectivity index (χ3v) is 6.76. The lowest BCUT2D eigenvalue weighted by molar-refractivity contribution is -0.00693. The number of nitrogens with zero attached hydrogens (tertiary/aromatic N) is 4. The molecule has 6 heteroatoms. The average Bonchev–Trinajstić information content (AvgIpc) is 3.38. The lowest BCUT2D eigenvalue weighted by Gasteiger charge is -2.33. The second-order valence-corrected chi connectivity index (χ2v) is 9.01. The highest BCUT2D eigenvalue weighted by atomic mass is 16.5. The van der Waals surface area contributed by atoms with Crippen LogP contribution in [0.4, 0.5) is 5.95 Å². The molecule has 2 aliphatic heterocycles. The van der Waals surface area contributed by atoms with Gasteiger partial charge in [0.05, 0.1) is 12.7 Å². The minimum absolute atomic E-state index is 0.0639. The molecule has 0 spiro atoms. The molecule has 1 aromatic carbocycles. The summed E-state index contributed by atoms with van der Waals surface area (Å²) in [5.74, 6) is 0.824. The molecule has 1 aromatic heterocycles. The first kappa shape index (κ1) is 20.4. The SMILES string of the molecule is O=C(c1nc(N2CCCC2)nc2c1CCCC2)N1CCCC(OCc2ccccc2)C1. The van der Waals surface area contributed by atoms with Crippen molar-refractivity contribution in [2.24, 2.45) is 0 Å². The molecule has 2 fully saturated rings. The number of carbonyl (C=O) groups is 1. The summed E-state index contributed by atoms with van der Waals surface area (Å²) in [5, 5.41) is 0. The van der Waals surface area contributed by atoms with Gasteiger partial charge in [0.15, 0.2) is 0 Å². The van der Waals surface area contributed by atoms with Crippen LogP contribution >= 0.6 is 0 Å². The van der Waals surface area contributed by atoms with Gasteiger partial charge in [0.2, 0.25) is 5.95 Å². The van der Waals surface area contributed by atoms with Crippen LogP contribution in [0.25, 0.3) is 0 Å². The molecule has 3 heterocycles. The fourth-order valence-electron chi connectivity index (χ4n) is 5.01. The van der Waals surface area contributed by atoms with E-state index in [0.29, 0.717) is 18.8 Å². The first-order chi connectivity index (χ1) is 15.3. The van der Waals surface area contributed by atoms with Crippen LogP contribution in [-0.4, -0.2) is 53.1 Å². The van der Waals surface area contributed by atoms with Crippen molar-refractivity contribution in [1.82, 2.24) is 14.9 Å². The van der Waals surface area contributed by atoms with Crippen molar-refractivity contribution in [2.45, 2.75) is 64.1 Å². The quantitative estimate of drug-likeness (QED) is 0.737. The van der Waals surface area contributed by atoms with E-state index < -0.39 is 0 Å². The molecule has 164 valence electrons. The highest BCUT2D eigenvalue weighted by molar-refractivity contribution is 5.94. The smallest absolute Gasteiger partial charge is 0.273 e. The van der Waals surface area contributed by atoms with Crippen LogP contribution in [0.15, 0.2) is 30.3 Å². The lowest BCUT2D eigenvalue weighted by atomic mass is 9.94. The van der Waals surface area contributed by atoms with Crippen molar-refractivity contribution < 1.29 is 9.53 Å². The van der Waals surface area contributed by atoms with Crippen molar-refractivity contribution in [2.75, 3.05) is 31.1 Å². The van der Waals surface area contributed by atoms with E-state index in [-0.39, 0.29) is 12.0 Å². The van der Waals surface area contributed by atoms with Crippen molar-refractivity contribution in [3.8, 4) is 0 Å². The van der Waals surface area contributed by atoms with Gasteiger partial charge in [-0.1, -0.05) is 30.3 Å². The number of hydrogen-bond donors (Lipinski definition) is 0. The van der Waals surface area contributed by atoms with Crippen LogP contribution in [-0.2, 0) is 24.2 Å². The van der Waals surface area contributed by atoms with Crippen LogP contribution in [0.3, 0.4) is 0 Å². The molecule has 0 saturated carbocycles. The first-order valence-electron chi connectivity index (χ1n) is 11.9. The summed E-state index contributed by atoms with van der Waals surface area (Å²) in [4.78, 5) is 27.6. The third-order valence-electron chi connectivity index (χ3n) is 6.76. The van der Waals surface area contributed by atoms with Gasteiger partial charge >= 0.3 is 0 Å². The highest BCUT2D eigenvalue weighted by Gasteiger charge is 2.30. The first-order valence-corrected chi connectivity index (χ1v) is 11.9. The predicted molar refractivity (Wildman–Crippen MR) is 120 cm³/mol. The van der Waals surface area contributed by atoms with Crippen LogP contribution in [0.1, 0.15) is 65.8 Å². The van der Waals surface area contributed by atoms with E-state index in [2.05, 4.69) is 17.0 Å². The Balaban J connectivity index is 1.33. The molecule has 1 amide bonds. The number of hydrogen-bond acceptors (Lipinski definition) is 5. The number of aromatic nitrogens is 2. The molecule has 2 saturated heterocycles. The van der Waals surface area contributed by atoms with Crippen LogP contribution < -0.4 is 4.90 Å². The molecule has 2 aromatic rings. The number of fused-ring (bicyclic) bond motifs is 1. The van der Waals surface area contributed by atoms with Gasteiger partial charge in [0.1, 0.15) is 5.69 Å². The van der Waals surface area contributed by atoms with E-state index in [1.807, 2.05) is 23.1 Å². The maximum Gasteiger partial charge on any atom is 0.273 e. The predicted octanol–water partition coefficient (Wildman–Crippen LogP) is 3.78. The zero-order valence-electron chi connectivity index (χ0n) is 18.3. The normalized spacial score (nSPS) is 21.2. The topological polar surface area (TPSA) is 58.6 Å². The van der Waals surface area contributed by atoms with E-state index in [1.165, 1.54) is 18.4 Å². The molecule has 1 atom stereocenters.